The van der Waals surface area contributed by atoms with Crippen molar-refractivity contribution in [2.75, 3.05) is 0 Å². The smallest absolute Gasteiger partial charge is 0.343 e. The van der Waals surface area contributed by atoms with Crippen LogP contribution in [0.2, 0.25) is 5.02 Å². The molecular weight excluding hydrogens is 500 g/mol. The van der Waals surface area contributed by atoms with Crippen molar-refractivity contribution in [2.24, 2.45) is 5.10 Å². The van der Waals surface area contributed by atoms with Crippen LogP contribution in [0.3, 0.4) is 0 Å². The van der Waals surface area contributed by atoms with Gasteiger partial charge in [-0.25, -0.2) is 10.2 Å². The van der Waals surface area contributed by atoms with Gasteiger partial charge >= 0.3 is 5.97 Å². The molecule has 1 heterocycles. The Morgan fingerprint density at radius 1 is 1.03 bits per heavy atom. The van der Waals surface area contributed by atoms with Crippen LogP contribution >= 0.6 is 38.9 Å². The second kappa shape index (κ2) is 9.43. The quantitative estimate of drug-likeness (QED) is 0.147. The summed E-state index contributed by atoms with van der Waals surface area (Å²) in [7, 11) is 0. The maximum Gasteiger partial charge on any atom is 0.343 e. The van der Waals surface area contributed by atoms with E-state index in [-0.39, 0.29) is 5.91 Å². The minimum atomic E-state index is -0.449. The molecule has 8 heteroatoms. The molecule has 0 aliphatic heterocycles. The van der Waals surface area contributed by atoms with Crippen molar-refractivity contribution in [1.29, 1.82) is 0 Å². The van der Waals surface area contributed by atoms with E-state index in [4.69, 9.17) is 16.3 Å². The van der Waals surface area contributed by atoms with Crippen molar-refractivity contribution in [3.63, 3.8) is 0 Å². The van der Waals surface area contributed by atoms with Crippen molar-refractivity contribution >= 4 is 67.0 Å². The lowest BCUT2D eigenvalue weighted by Gasteiger charge is -2.05. The number of nitrogens with zero attached hydrogens (tertiary/aromatic N) is 1. The third-order valence-corrected chi connectivity index (χ3v) is 6.44. The highest BCUT2D eigenvalue weighted by Crippen LogP contribution is 2.34. The third kappa shape index (κ3) is 5.02. The first-order valence-electron chi connectivity index (χ1n) is 9.09. The molecule has 5 nitrogen and oxygen atoms in total. The number of nitrogens with one attached hydrogen (secondary N) is 1. The van der Waals surface area contributed by atoms with Gasteiger partial charge in [-0.1, -0.05) is 51.8 Å². The van der Waals surface area contributed by atoms with Crippen molar-refractivity contribution < 1.29 is 14.3 Å². The van der Waals surface area contributed by atoms with Crippen LogP contribution in [0.15, 0.2) is 82.4 Å². The van der Waals surface area contributed by atoms with Gasteiger partial charge in [-0.15, -0.1) is 11.3 Å². The number of hydrogen-bond acceptors (Lipinski definition) is 5. The van der Waals surface area contributed by atoms with E-state index < -0.39 is 5.97 Å². The number of rotatable bonds is 5. The van der Waals surface area contributed by atoms with Crippen LogP contribution in [-0.2, 0) is 0 Å². The predicted octanol–water partition coefficient (Wildman–Crippen LogP) is 6.30. The molecule has 154 valence electrons. The summed E-state index contributed by atoms with van der Waals surface area (Å²) in [5.41, 5.74) is 3.66. The van der Waals surface area contributed by atoms with Crippen LogP contribution in [0.25, 0.3) is 10.1 Å². The molecule has 0 fully saturated rings. The first-order chi connectivity index (χ1) is 15.0. The number of thiophene rings is 1. The Hall–Kier alpha value is -3.00. The van der Waals surface area contributed by atoms with Gasteiger partial charge in [-0.2, -0.15) is 5.10 Å². The van der Waals surface area contributed by atoms with E-state index >= 15 is 0 Å². The number of carbonyl (C=O) groups excluding carboxylic acids is 2. The van der Waals surface area contributed by atoms with Crippen molar-refractivity contribution in [1.82, 2.24) is 5.43 Å². The molecule has 4 rings (SSSR count). The van der Waals surface area contributed by atoms with Gasteiger partial charge in [0.2, 0.25) is 0 Å². The fourth-order valence-corrected chi connectivity index (χ4v) is 4.59. The van der Waals surface area contributed by atoms with E-state index in [0.717, 1.165) is 20.1 Å². The van der Waals surface area contributed by atoms with E-state index in [2.05, 4.69) is 26.5 Å². The third-order valence-electron chi connectivity index (χ3n) is 4.27. The maximum absolute atomic E-state index is 12.4. The van der Waals surface area contributed by atoms with E-state index in [1.165, 1.54) is 17.6 Å². The Labute approximate surface area is 195 Å². The molecule has 0 radical (unpaired) electrons. The molecule has 0 aliphatic rings. The lowest BCUT2D eigenvalue weighted by atomic mass is 10.2. The summed E-state index contributed by atoms with van der Waals surface area (Å²) in [6.07, 6.45) is 1.50. The molecule has 1 aromatic heterocycles. The van der Waals surface area contributed by atoms with Crippen LogP contribution in [-0.4, -0.2) is 18.1 Å². The molecule has 1 N–H and O–H groups in total. The van der Waals surface area contributed by atoms with Gasteiger partial charge in [0.25, 0.3) is 5.91 Å². The Bertz CT molecular complexity index is 1300. The SMILES string of the molecule is O=C(Oc1ccc(/C=N\NC(=O)c2sc3ccccc3c2Cl)cc1)c1cccc(Br)c1. The maximum atomic E-state index is 12.4. The Morgan fingerprint density at radius 3 is 2.55 bits per heavy atom. The molecule has 0 atom stereocenters. The first kappa shape index (κ1) is 21.2. The molecule has 4 aromatic rings. The largest absolute Gasteiger partial charge is 0.423 e. The minimum Gasteiger partial charge on any atom is -0.423 e. The topological polar surface area (TPSA) is 67.8 Å². The average Bonchev–Trinajstić information content (AvgIpc) is 3.12. The van der Waals surface area contributed by atoms with Crippen LogP contribution in [0.5, 0.6) is 5.75 Å². The highest BCUT2D eigenvalue weighted by molar-refractivity contribution is 9.10. The van der Waals surface area contributed by atoms with Gasteiger partial charge in [-0.05, 0) is 54.1 Å². The lowest BCUT2D eigenvalue weighted by molar-refractivity contribution is 0.0734. The summed E-state index contributed by atoms with van der Waals surface area (Å²) < 4.78 is 7.10. The summed E-state index contributed by atoms with van der Waals surface area (Å²) >= 11 is 11.0. The fraction of sp³-hybridized carbons (Fsp3) is 0. The summed E-state index contributed by atoms with van der Waals surface area (Å²) in [4.78, 5) is 25.0. The van der Waals surface area contributed by atoms with Crippen LogP contribution < -0.4 is 10.2 Å². The zero-order valence-corrected chi connectivity index (χ0v) is 19.0. The Balaban J connectivity index is 1.37. The molecule has 0 saturated heterocycles. The molecule has 0 saturated carbocycles. The minimum absolute atomic E-state index is 0.373. The van der Waals surface area contributed by atoms with Gasteiger partial charge in [0.05, 0.1) is 16.8 Å². The second-order valence-corrected chi connectivity index (χ2v) is 8.76. The van der Waals surface area contributed by atoms with Gasteiger partial charge in [-0.3, -0.25) is 4.79 Å². The zero-order valence-electron chi connectivity index (χ0n) is 15.8. The molecule has 31 heavy (non-hydrogen) atoms. The second-order valence-electron chi connectivity index (χ2n) is 6.41. The highest BCUT2D eigenvalue weighted by Gasteiger charge is 2.16. The monoisotopic (exact) mass is 512 g/mol. The van der Waals surface area contributed by atoms with Crippen LogP contribution in [0.4, 0.5) is 0 Å². The zero-order chi connectivity index (χ0) is 21.8. The van der Waals surface area contributed by atoms with Gasteiger partial charge in [0.15, 0.2) is 0 Å². The molecule has 0 bridgehead atoms. The van der Waals surface area contributed by atoms with Crippen molar-refractivity contribution in [3.8, 4) is 5.75 Å². The number of benzene rings is 3. The molecule has 0 unspecified atom stereocenters. The molecular formula is C23H14BrClN2O3S. The number of esters is 1. The van der Waals surface area contributed by atoms with Crippen molar-refractivity contribution in [2.45, 2.75) is 0 Å². The van der Waals surface area contributed by atoms with E-state index in [1.54, 1.807) is 42.5 Å². The number of hydrogen-bond donors (Lipinski definition) is 1. The Morgan fingerprint density at radius 2 is 1.81 bits per heavy atom. The van der Waals surface area contributed by atoms with Gasteiger partial charge in [0, 0.05) is 14.6 Å². The van der Waals surface area contributed by atoms with E-state index in [0.29, 0.717) is 21.2 Å². The van der Waals surface area contributed by atoms with Crippen molar-refractivity contribution in [3.05, 3.63) is 98.3 Å². The summed E-state index contributed by atoms with van der Waals surface area (Å²) in [5, 5.41) is 5.25. The van der Waals surface area contributed by atoms with Gasteiger partial charge < -0.3 is 4.74 Å². The van der Waals surface area contributed by atoms with Gasteiger partial charge in [0.1, 0.15) is 10.6 Å². The number of halogens is 2. The number of amides is 1. The summed E-state index contributed by atoms with van der Waals surface area (Å²) in [6, 6.07) is 21.3. The molecule has 3 aromatic carbocycles. The van der Waals surface area contributed by atoms with Crippen LogP contribution in [0, 0.1) is 0 Å². The highest BCUT2D eigenvalue weighted by atomic mass is 79.9. The van der Waals surface area contributed by atoms with E-state index in [9.17, 15) is 9.59 Å². The van der Waals surface area contributed by atoms with Crippen LogP contribution in [0.1, 0.15) is 25.6 Å². The number of ether oxygens (including phenoxy) is 1. The number of hydrazone groups is 1. The molecule has 0 spiro atoms. The first-order valence-corrected chi connectivity index (χ1v) is 11.1. The number of fused-ring (bicyclic) bond motifs is 1. The fourth-order valence-electron chi connectivity index (χ4n) is 2.78. The van der Waals surface area contributed by atoms with E-state index in [1.807, 2.05) is 30.3 Å². The Kier molecular flexibility index (Phi) is 6.46. The average molecular weight is 514 g/mol. The lowest BCUT2D eigenvalue weighted by Crippen LogP contribution is -2.16. The summed E-state index contributed by atoms with van der Waals surface area (Å²) in [6.45, 7) is 0. The normalized spacial score (nSPS) is 11.0. The summed E-state index contributed by atoms with van der Waals surface area (Å²) in [5.74, 6) is -0.416. The molecule has 0 aliphatic carbocycles. The number of carbonyl (C=O) groups is 2. The standard InChI is InChI=1S/C23H14BrClN2O3S/c24-16-5-3-4-15(12-16)23(29)30-17-10-8-14(9-11-17)13-26-27-22(28)21-20(25)18-6-1-2-7-19(18)31-21/h1-13H,(H,27,28)/b26-13-. The molecule has 1 amide bonds. The predicted molar refractivity (Wildman–Crippen MR) is 127 cm³/mol.